The molecule has 0 unspecified atom stereocenters. The Balaban J connectivity index is 7.03. The van der Waals surface area contributed by atoms with Gasteiger partial charge >= 0.3 is 59.4 Å². The molecule has 1 nitrogen and oxygen atoms in total. The van der Waals surface area contributed by atoms with Crippen molar-refractivity contribution >= 4 is 0 Å². The molecule has 0 saturated carbocycles. The van der Waals surface area contributed by atoms with E-state index in [0.717, 1.165) is 0 Å². The van der Waals surface area contributed by atoms with Crippen molar-refractivity contribution in [3.05, 3.63) is 0 Å². The Labute approximate surface area is 167 Å². The molecule has 0 aliphatic carbocycles. The summed E-state index contributed by atoms with van der Waals surface area (Å²) in [7, 11) is 0. The Kier molecular flexibility index (Phi) is 7.20. The number of aliphatic hydroxyl groups is 1. The third-order valence-electron chi connectivity index (χ3n) is 4.04. The molecule has 0 aromatic rings. The van der Waals surface area contributed by atoms with E-state index in [9.17, 15) is 87.8 Å². The van der Waals surface area contributed by atoms with Crippen molar-refractivity contribution in [1.29, 1.82) is 0 Å². The molecule has 0 radical (unpaired) electrons. The van der Waals surface area contributed by atoms with Crippen LogP contribution in [0.15, 0.2) is 0 Å². The van der Waals surface area contributed by atoms with Gasteiger partial charge in [-0.25, -0.2) is 0 Å². The van der Waals surface area contributed by atoms with Crippen molar-refractivity contribution in [2.75, 3.05) is 0 Å². The molecule has 0 bridgehead atoms. The molecule has 0 aliphatic rings. The normalized spacial score (nSPS) is 16.9. The zero-order chi connectivity index (χ0) is 27.7. The Bertz CT molecular complexity index is 715. The van der Waals surface area contributed by atoms with Gasteiger partial charge in [-0.3, -0.25) is 0 Å². The van der Waals surface area contributed by atoms with Crippen molar-refractivity contribution in [3.63, 3.8) is 0 Å². The van der Waals surface area contributed by atoms with E-state index in [1.54, 1.807) is 0 Å². The summed E-state index contributed by atoms with van der Waals surface area (Å²) in [6, 6.07) is 0. The van der Waals surface area contributed by atoms with Gasteiger partial charge in [-0.05, 0) is 0 Å². The monoisotopic (exact) mass is 546 g/mol. The van der Waals surface area contributed by atoms with Gasteiger partial charge in [0.2, 0.25) is 0 Å². The van der Waals surface area contributed by atoms with Crippen LogP contribution in [0.5, 0.6) is 0 Å². The van der Waals surface area contributed by atoms with Gasteiger partial charge in [0.15, 0.2) is 0 Å². The fraction of sp³-hybridized carbons (Fsp3) is 1.00. The van der Waals surface area contributed by atoms with Crippen molar-refractivity contribution in [2.24, 2.45) is 0 Å². The first-order chi connectivity index (χ1) is 13.8. The molecular weight excluding hydrogens is 540 g/mol. The highest BCUT2D eigenvalue weighted by Crippen LogP contribution is 2.66. The van der Waals surface area contributed by atoms with Gasteiger partial charge < -0.3 is 5.11 Å². The van der Waals surface area contributed by atoms with Crippen molar-refractivity contribution in [3.8, 4) is 0 Å². The number of rotatable bonds is 10. The van der Waals surface area contributed by atoms with E-state index < -0.39 is 65.8 Å². The standard InChI is InChI=1S/C12H6F20O/c1-2-3(13,14)4(15,16)5(17,18)6(19,20)7(21,22)8(23,24)9(25,26)10(27,28)11(29,30)12(31,32)33/h33H,2H2,1H3. The average Bonchev–Trinajstić information content (AvgIpc) is 2.59. The second-order valence-electron chi connectivity index (χ2n) is 6.19. The van der Waals surface area contributed by atoms with Crippen molar-refractivity contribution in [1.82, 2.24) is 0 Å². The zero-order valence-electron chi connectivity index (χ0n) is 14.7. The van der Waals surface area contributed by atoms with E-state index in [0.29, 0.717) is 0 Å². The predicted molar refractivity (Wildman–Crippen MR) is 62.0 cm³/mol. The topological polar surface area (TPSA) is 20.2 Å². The third-order valence-corrected chi connectivity index (χ3v) is 4.04. The van der Waals surface area contributed by atoms with Gasteiger partial charge in [0.05, 0.1) is 0 Å². The lowest BCUT2D eigenvalue weighted by Crippen LogP contribution is -2.77. The van der Waals surface area contributed by atoms with Crippen LogP contribution in [0.25, 0.3) is 0 Å². The molecular formula is C12H6F20O. The van der Waals surface area contributed by atoms with Crippen LogP contribution in [0.3, 0.4) is 0 Å². The minimum absolute atomic E-state index is 0.180. The minimum Gasteiger partial charge on any atom is -0.331 e. The van der Waals surface area contributed by atoms with Gasteiger partial charge in [-0.2, -0.15) is 87.8 Å². The summed E-state index contributed by atoms with van der Waals surface area (Å²) in [6.07, 6.45) is -10.1. The number of hydrogen-bond donors (Lipinski definition) is 1. The first-order valence-electron chi connectivity index (χ1n) is 7.31. The Morgan fingerprint density at radius 1 is 0.364 bits per heavy atom. The molecule has 0 aromatic carbocycles. The Morgan fingerprint density at radius 2 is 0.545 bits per heavy atom. The maximum absolute atomic E-state index is 13.3. The molecule has 0 fully saturated rings. The van der Waals surface area contributed by atoms with E-state index in [-0.39, 0.29) is 6.92 Å². The molecule has 0 amide bonds. The first-order valence-corrected chi connectivity index (χ1v) is 7.31. The molecule has 21 heteroatoms. The zero-order valence-corrected chi connectivity index (χ0v) is 14.7. The molecule has 0 saturated heterocycles. The van der Waals surface area contributed by atoms with Crippen molar-refractivity contribution < 1.29 is 92.9 Å². The molecule has 0 atom stereocenters. The highest BCUT2D eigenvalue weighted by molar-refractivity contribution is 5.17. The molecule has 0 aromatic heterocycles. The summed E-state index contributed by atoms with van der Waals surface area (Å²) < 4.78 is 260. The van der Waals surface area contributed by atoms with Crippen LogP contribution < -0.4 is 0 Å². The van der Waals surface area contributed by atoms with Gasteiger partial charge in [-0.15, -0.1) is 0 Å². The van der Waals surface area contributed by atoms with Crippen molar-refractivity contribution in [2.45, 2.75) is 72.8 Å². The van der Waals surface area contributed by atoms with Gasteiger partial charge in [0, 0.05) is 6.42 Å². The maximum Gasteiger partial charge on any atom is 0.423 e. The molecule has 0 spiro atoms. The van der Waals surface area contributed by atoms with Gasteiger partial charge in [-0.1, -0.05) is 6.92 Å². The van der Waals surface area contributed by atoms with E-state index in [1.165, 1.54) is 0 Å². The highest BCUT2D eigenvalue weighted by Gasteiger charge is 2.97. The van der Waals surface area contributed by atoms with E-state index in [1.807, 2.05) is 0 Å². The Morgan fingerprint density at radius 3 is 0.727 bits per heavy atom. The number of alkyl halides is 20. The van der Waals surface area contributed by atoms with E-state index in [2.05, 4.69) is 0 Å². The largest absolute Gasteiger partial charge is 0.423 e. The second-order valence-corrected chi connectivity index (χ2v) is 6.19. The summed E-state index contributed by atoms with van der Waals surface area (Å²) in [5.74, 6) is -75.6. The van der Waals surface area contributed by atoms with Crippen LogP contribution in [0.4, 0.5) is 87.8 Å². The summed E-state index contributed by atoms with van der Waals surface area (Å²) >= 11 is 0. The van der Waals surface area contributed by atoms with Crippen LogP contribution in [-0.4, -0.2) is 64.5 Å². The number of hydrogen-bond acceptors (Lipinski definition) is 1. The summed E-state index contributed by atoms with van der Waals surface area (Å²) in [5.41, 5.74) is 0. The maximum atomic E-state index is 13.3. The van der Waals surface area contributed by atoms with Gasteiger partial charge in [0.1, 0.15) is 0 Å². The SMILES string of the molecule is CCC(F)(F)C(F)(F)C(F)(F)C(F)(F)C(F)(F)C(F)(F)C(F)(F)C(F)(F)C(F)(F)C(O)(F)F. The summed E-state index contributed by atoms with van der Waals surface area (Å²) in [6.45, 7) is -0.180. The molecule has 33 heavy (non-hydrogen) atoms. The molecule has 0 aliphatic heterocycles. The predicted octanol–water partition coefficient (Wildman–Crippen LogP) is 6.70. The fourth-order valence-corrected chi connectivity index (χ4v) is 1.82. The summed E-state index contributed by atoms with van der Waals surface area (Å²) in [4.78, 5) is 0. The lowest BCUT2D eigenvalue weighted by Gasteiger charge is -2.44. The Hall–Kier alpha value is -1.44. The highest BCUT2D eigenvalue weighted by atomic mass is 19.4. The first kappa shape index (κ1) is 31.6. The van der Waals surface area contributed by atoms with Crippen LogP contribution >= 0.6 is 0 Å². The van der Waals surface area contributed by atoms with Crippen LogP contribution in [0.1, 0.15) is 13.3 Å². The third kappa shape index (κ3) is 3.66. The number of halogens is 20. The summed E-state index contributed by atoms with van der Waals surface area (Å²) in [5, 5.41) is 7.45. The minimum atomic E-state index is -9.07. The lowest BCUT2D eigenvalue weighted by atomic mass is 9.86. The second kappa shape index (κ2) is 7.53. The van der Waals surface area contributed by atoms with E-state index >= 15 is 0 Å². The fourth-order valence-electron chi connectivity index (χ4n) is 1.82. The van der Waals surface area contributed by atoms with Crippen LogP contribution in [0.2, 0.25) is 0 Å². The van der Waals surface area contributed by atoms with Crippen LogP contribution in [0, 0.1) is 0 Å². The molecule has 200 valence electrons. The quantitative estimate of drug-likeness (QED) is 0.303. The van der Waals surface area contributed by atoms with Gasteiger partial charge in [0.25, 0.3) is 0 Å². The molecule has 1 N–H and O–H groups in total. The average molecular weight is 546 g/mol. The molecule has 0 heterocycles. The van der Waals surface area contributed by atoms with Crippen LogP contribution in [-0.2, 0) is 0 Å². The van der Waals surface area contributed by atoms with E-state index in [4.69, 9.17) is 5.11 Å². The lowest BCUT2D eigenvalue weighted by molar-refractivity contribution is -0.479. The molecule has 0 rings (SSSR count). The smallest absolute Gasteiger partial charge is 0.331 e.